The van der Waals surface area contributed by atoms with Gasteiger partial charge in [0.1, 0.15) is 0 Å². The van der Waals surface area contributed by atoms with Gasteiger partial charge in [-0.15, -0.1) is 0 Å². The zero-order chi connectivity index (χ0) is 18.8. The van der Waals surface area contributed by atoms with Crippen LogP contribution in [-0.4, -0.2) is 19.9 Å². The number of rotatable bonds is 0. The van der Waals surface area contributed by atoms with Crippen molar-refractivity contribution in [2.24, 2.45) is 0 Å². The van der Waals surface area contributed by atoms with Crippen LogP contribution in [-0.2, 0) is 19.5 Å². The number of benzene rings is 2. The summed E-state index contributed by atoms with van der Waals surface area (Å²) in [5, 5.41) is 4.55. The Morgan fingerprint density at radius 3 is 0.828 bits per heavy atom. The zero-order valence-electron chi connectivity index (χ0n) is 15.4. The molecule has 138 valence electrons. The van der Waals surface area contributed by atoms with Crippen molar-refractivity contribution in [2.75, 3.05) is 0 Å². The predicted molar refractivity (Wildman–Crippen MR) is 114 cm³/mol. The van der Waals surface area contributed by atoms with E-state index in [1.807, 2.05) is 24.3 Å². The third kappa shape index (κ3) is 3.69. The molecule has 5 heteroatoms. The largest absolute Gasteiger partial charge is 2.00 e. The van der Waals surface area contributed by atoms with E-state index < -0.39 is 0 Å². The van der Waals surface area contributed by atoms with Gasteiger partial charge >= 0.3 is 19.5 Å². The first kappa shape index (κ1) is 19.0. The van der Waals surface area contributed by atoms with Crippen LogP contribution in [0.15, 0.2) is 97.6 Å². The molecule has 0 spiro atoms. The fourth-order valence-corrected chi connectivity index (χ4v) is 3.36. The Morgan fingerprint density at radius 2 is 0.586 bits per heavy atom. The summed E-state index contributed by atoms with van der Waals surface area (Å²) in [6.45, 7) is 0. The van der Waals surface area contributed by atoms with Gasteiger partial charge in [-0.1, -0.05) is 48.5 Å². The Morgan fingerprint density at radius 1 is 0.345 bits per heavy atom. The minimum atomic E-state index is 0. The molecule has 0 bridgehead atoms. The van der Waals surface area contributed by atoms with Crippen molar-refractivity contribution < 1.29 is 19.5 Å². The third-order valence-electron chi connectivity index (χ3n) is 4.69. The minimum Gasteiger partial charge on any atom is -0.254 e. The fraction of sp³-hybridized carbons (Fsp3) is 0. The number of hydrogen-bond acceptors (Lipinski definition) is 4. The van der Waals surface area contributed by atoms with E-state index in [0.29, 0.717) is 0 Å². The summed E-state index contributed by atoms with van der Waals surface area (Å²) < 4.78 is 0. The Bertz CT molecular complexity index is 1210. The van der Waals surface area contributed by atoms with Crippen LogP contribution in [0.3, 0.4) is 0 Å². The molecule has 0 saturated heterocycles. The number of pyridine rings is 4. The van der Waals surface area contributed by atoms with Crippen molar-refractivity contribution >= 4 is 43.6 Å². The molecule has 0 atom stereocenters. The molecule has 4 aromatic heterocycles. The van der Waals surface area contributed by atoms with Crippen molar-refractivity contribution in [3.63, 3.8) is 0 Å². The first-order valence-electron chi connectivity index (χ1n) is 9.07. The molecule has 0 aliphatic carbocycles. The summed E-state index contributed by atoms with van der Waals surface area (Å²) >= 11 is 0. The Kier molecular flexibility index (Phi) is 5.50. The van der Waals surface area contributed by atoms with Crippen molar-refractivity contribution in [3.8, 4) is 0 Å². The van der Waals surface area contributed by atoms with E-state index in [4.69, 9.17) is 0 Å². The van der Waals surface area contributed by atoms with E-state index in [2.05, 4.69) is 68.5 Å². The van der Waals surface area contributed by atoms with Gasteiger partial charge in [0.15, 0.2) is 0 Å². The van der Waals surface area contributed by atoms with E-state index in [1.165, 1.54) is 0 Å². The number of nitrogens with zero attached hydrogens (tertiary/aromatic N) is 4. The van der Waals surface area contributed by atoms with Crippen LogP contribution >= 0.6 is 0 Å². The van der Waals surface area contributed by atoms with Crippen LogP contribution in [0.25, 0.3) is 43.6 Å². The van der Waals surface area contributed by atoms with Gasteiger partial charge in [-0.3, -0.25) is 19.9 Å². The molecule has 2 aromatic carbocycles. The van der Waals surface area contributed by atoms with Gasteiger partial charge in [-0.05, 0) is 24.3 Å². The van der Waals surface area contributed by atoms with Crippen molar-refractivity contribution in [1.82, 2.24) is 19.9 Å². The van der Waals surface area contributed by atoms with Gasteiger partial charge in [0.2, 0.25) is 0 Å². The molecule has 0 radical (unpaired) electrons. The molecule has 0 aliphatic rings. The molecule has 0 N–H and O–H groups in total. The average molecular weight is 461 g/mol. The smallest absolute Gasteiger partial charge is 0.254 e. The first-order chi connectivity index (χ1) is 13.9. The topological polar surface area (TPSA) is 51.6 Å². The first-order valence-corrected chi connectivity index (χ1v) is 9.07. The Hall–Kier alpha value is -3.30. The SMILES string of the molecule is [Ru+2].c1cnc2c(c1)ccc1cccnc12.c1cnc2c(c1)ccc1cccnc12. The maximum Gasteiger partial charge on any atom is 2.00 e. The number of fused-ring (bicyclic) bond motifs is 6. The summed E-state index contributed by atoms with van der Waals surface area (Å²) in [7, 11) is 0. The molecule has 4 nitrogen and oxygen atoms in total. The van der Waals surface area contributed by atoms with Crippen molar-refractivity contribution in [2.45, 2.75) is 0 Å². The summed E-state index contributed by atoms with van der Waals surface area (Å²) in [6, 6.07) is 24.3. The molecule has 29 heavy (non-hydrogen) atoms. The van der Waals surface area contributed by atoms with Crippen molar-refractivity contribution in [3.05, 3.63) is 97.6 Å². The minimum absolute atomic E-state index is 0. The molecular weight excluding hydrogens is 445 g/mol. The van der Waals surface area contributed by atoms with Crippen LogP contribution in [0.2, 0.25) is 0 Å². The monoisotopic (exact) mass is 462 g/mol. The number of aromatic nitrogens is 4. The normalized spacial score (nSPS) is 10.5. The summed E-state index contributed by atoms with van der Waals surface area (Å²) in [4.78, 5) is 17.4. The van der Waals surface area contributed by atoms with Crippen LogP contribution in [0.5, 0.6) is 0 Å². The second-order valence-electron chi connectivity index (χ2n) is 6.43. The fourth-order valence-electron chi connectivity index (χ4n) is 3.36. The molecule has 0 saturated carbocycles. The quantitative estimate of drug-likeness (QED) is 0.219. The van der Waals surface area contributed by atoms with E-state index in [9.17, 15) is 0 Å². The van der Waals surface area contributed by atoms with Gasteiger partial charge in [0.05, 0.1) is 22.1 Å². The van der Waals surface area contributed by atoms with Gasteiger partial charge < -0.3 is 0 Å². The van der Waals surface area contributed by atoms with Crippen LogP contribution in [0.4, 0.5) is 0 Å². The summed E-state index contributed by atoms with van der Waals surface area (Å²) in [5.74, 6) is 0. The predicted octanol–water partition coefficient (Wildman–Crippen LogP) is 5.56. The second-order valence-corrected chi connectivity index (χ2v) is 6.43. The van der Waals surface area contributed by atoms with Crippen LogP contribution < -0.4 is 0 Å². The van der Waals surface area contributed by atoms with Gasteiger partial charge in [-0.2, -0.15) is 0 Å². The van der Waals surface area contributed by atoms with E-state index in [-0.39, 0.29) is 19.5 Å². The maximum atomic E-state index is 4.35. The second kappa shape index (κ2) is 8.38. The molecule has 6 aromatic rings. The molecule has 6 rings (SSSR count). The third-order valence-corrected chi connectivity index (χ3v) is 4.69. The maximum absolute atomic E-state index is 4.35. The van der Waals surface area contributed by atoms with Gasteiger partial charge in [0.25, 0.3) is 0 Å². The summed E-state index contributed by atoms with van der Waals surface area (Å²) in [6.07, 6.45) is 7.21. The molecular formula is C24H16N4Ru+2. The molecule has 0 amide bonds. The van der Waals surface area contributed by atoms with E-state index in [1.54, 1.807) is 24.8 Å². The van der Waals surface area contributed by atoms with Crippen LogP contribution in [0.1, 0.15) is 0 Å². The van der Waals surface area contributed by atoms with E-state index >= 15 is 0 Å². The molecule has 4 heterocycles. The zero-order valence-corrected chi connectivity index (χ0v) is 17.1. The van der Waals surface area contributed by atoms with Crippen molar-refractivity contribution in [1.29, 1.82) is 0 Å². The summed E-state index contributed by atoms with van der Waals surface area (Å²) in [5.41, 5.74) is 3.91. The standard InChI is InChI=1S/2C12H8N2.Ru/c2*1-3-9-5-6-10-4-2-8-14-12(10)11(9)13-7-1;/h2*1-8H;/q;;+2. The molecule has 0 fully saturated rings. The number of hydrogen-bond donors (Lipinski definition) is 0. The van der Waals surface area contributed by atoms with E-state index in [0.717, 1.165) is 43.6 Å². The van der Waals surface area contributed by atoms with Gasteiger partial charge in [-0.25, -0.2) is 0 Å². The molecule has 0 unspecified atom stereocenters. The Labute approximate surface area is 180 Å². The molecule has 0 aliphatic heterocycles. The average Bonchev–Trinajstić information content (AvgIpc) is 2.79. The Balaban J connectivity index is 0.000000137. The van der Waals surface area contributed by atoms with Gasteiger partial charge in [0, 0.05) is 46.3 Å². The van der Waals surface area contributed by atoms with Crippen LogP contribution in [0, 0.1) is 0 Å².